The van der Waals surface area contributed by atoms with Crippen molar-refractivity contribution in [2.45, 2.75) is 46.7 Å². The zero-order valence-electron chi connectivity index (χ0n) is 16.9. The van der Waals surface area contributed by atoms with Crippen LogP contribution in [0.25, 0.3) is 16.7 Å². The lowest BCUT2D eigenvalue weighted by Crippen LogP contribution is -2.23. The Labute approximate surface area is 164 Å². The number of carbonyl (C=O) groups is 1. The molecular formula is C23H25FN2O2. The van der Waals surface area contributed by atoms with E-state index in [1.807, 2.05) is 46.0 Å². The molecule has 0 aromatic carbocycles. The number of hydrogen-bond acceptors (Lipinski definition) is 4. The van der Waals surface area contributed by atoms with E-state index in [0.29, 0.717) is 18.3 Å². The Kier molecular flexibility index (Phi) is 5.45. The monoisotopic (exact) mass is 380 g/mol. The van der Waals surface area contributed by atoms with Gasteiger partial charge < -0.3 is 4.52 Å². The van der Waals surface area contributed by atoms with Crippen LogP contribution in [0.5, 0.6) is 0 Å². The first-order valence-electron chi connectivity index (χ1n) is 9.39. The number of aryl methyl sites for hydroxylation is 3. The van der Waals surface area contributed by atoms with Crippen LogP contribution >= 0.6 is 0 Å². The summed E-state index contributed by atoms with van der Waals surface area (Å²) in [6.07, 6.45) is 10.3. The summed E-state index contributed by atoms with van der Waals surface area (Å²) in [7, 11) is 0. The van der Waals surface area contributed by atoms with Crippen molar-refractivity contribution in [1.29, 1.82) is 0 Å². The molecule has 0 amide bonds. The number of allylic oxidation sites excluding steroid dienone is 6. The molecule has 0 radical (unpaired) electrons. The summed E-state index contributed by atoms with van der Waals surface area (Å²) in [5.74, 6) is 0.863. The molecule has 146 valence electrons. The first-order valence-corrected chi connectivity index (χ1v) is 9.39. The van der Waals surface area contributed by atoms with Gasteiger partial charge in [-0.3, -0.25) is 9.78 Å². The molecule has 0 N–H and O–H groups in total. The topological polar surface area (TPSA) is 56.0 Å². The quantitative estimate of drug-likeness (QED) is 0.643. The van der Waals surface area contributed by atoms with Gasteiger partial charge in [-0.25, -0.2) is 4.39 Å². The lowest BCUT2D eigenvalue weighted by atomic mass is 9.83. The molecule has 2 heterocycles. The maximum atomic E-state index is 14.2. The van der Waals surface area contributed by atoms with E-state index in [4.69, 9.17) is 9.51 Å². The number of hydrogen-bond donors (Lipinski definition) is 0. The van der Waals surface area contributed by atoms with E-state index in [9.17, 15) is 9.18 Å². The van der Waals surface area contributed by atoms with Crippen LogP contribution in [0, 0.1) is 26.7 Å². The van der Waals surface area contributed by atoms with Crippen molar-refractivity contribution >= 4 is 11.9 Å². The van der Waals surface area contributed by atoms with Crippen LogP contribution in [0.15, 0.2) is 46.7 Å². The Morgan fingerprint density at radius 2 is 2.11 bits per heavy atom. The number of rotatable bonds is 5. The molecule has 0 spiro atoms. The standard InChI is InChI=1S/C23H25FN2O2/c1-6-20(17-7-9-19(10-8-17)23(5,24)13-27)22-14(2)11-18(12-25-22)21-15(3)26-28-16(21)4/h6-7,9-13,17H,8H2,1-5H3/b20-6-. The summed E-state index contributed by atoms with van der Waals surface area (Å²) in [6.45, 7) is 9.11. The Bertz CT molecular complexity index is 977. The van der Waals surface area contributed by atoms with Crippen LogP contribution in [0.4, 0.5) is 4.39 Å². The molecule has 28 heavy (non-hydrogen) atoms. The van der Waals surface area contributed by atoms with E-state index in [1.54, 1.807) is 12.2 Å². The average molecular weight is 380 g/mol. The molecule has 5 heteroatoms. The van der Waals surface area contributed by atoms with Gasteiger partial charge in [-0.15, -0.1) is 0 Å². The number of aromatic nitrogens is 2. The van der Waals surface area contributed by atoms with Crippen LogP contribution in [0.2, 0.25) is 0 Å². The van der Waals surface area contributed by atoms with E-state index in [-0.39, 0.29) is 5.92 Å². The van der Waals surface area contributed by atoms with Crippen molar-refractivity contribution in [3.05, 3.63) is 64.9 Å². The van der Waals surface area contributed by atoms with E-state index in [0.717, 1.165) is 39.4 Å². The van der Waals surface area contributed by atoms with Gasteiger partial charge in [-0.1, -0.05) is 29.5 Å². The maximum absolute atomic E-state index is 14.2. The van der Waals surface area contributed by atoms with Crippen molar-refractivity contribution in [3.8, 4) is 11.1 Å². The number of pyridine rings is 1. The minimum atomic E-state index is -1.94. The molecule has 4 nitrogen and oxygen atoms in total. The zero-order chi connectivity index (χ0) is 20.5. The van der Waals surface area contributed by atoms with Gasteiger partial charge in [0.05, 0.1) is 11.4 Å². The van der Waals surface area contributed by atoms with Crippen LogP contribution in [0.1, 0.15) is 43.0 Å². The fourth-order valence-electron chi connectivity index (χ4n) is 3.72. The zero-order valence-corrected chi connectivity index (χ0v) is 16.9. The number of halogens is 1. The van der Waals surface area contributed by atoms with Gasteiger partial charge >= 0.3 is 0 Å². The fourth-order valence-corrected chi connectivity index (χ4v) is 3.72. The van der Waals surface area contributed by atoms with Crippen LogP contribution in [-0.4, -0.2) is 22.1 Å². The van der Waals surface area contributed by atoms with Gasteiger partial charge in [0.15, 0.2) is 12.0 Å². The van der Waals surface area contributed by atoms with Gasteiger partial charge in [0.25, 0.3) is 0 Å². The minimum Gasteiger partial charge on any atom is -0.361 e. The van der Waals surface area contributed by atoms with Gasteiger partial charge in [0.2, 0.25) is 0 Å². The highest BCUT2D eigenvalue weighted by Gasteiger charge is 2.29. The Hall–Kier alpha value is -2.82. The highest BCUT2D eigenvalue weighted by Crippen LogP contribution is 2.35. The van der Waals surface area contributed by atoms with Crippen molar-refractivity contribution in [2.24, 2.45) is 5.92 Å². The normalized spacial score (nSPS) is 19.3. The third kappa shape index (κ3) is 3.61. The summed E-state index contributed by atoms with van der Waals surface area (Å²) in [5.41, 5.74) is 4.32. The maximum Gasteiger partial charge on any atom is 0.187 e. The number of nitrogens with zero attached hydrogens (tertiary/aromatic N) is 2. The predicted molar refractivity (Wildman–Crippen MR) is 109 cm³/mol. The molecule has 2 aromatic heterocycles. The summed E-state index contributed by atoms with van der Waals surface area (Å²) in [5, 5.41) is 4.02. The third-order valence-corrected chi connectivity index (χ3v) is 5.27. The summed E-state index contributed by atoms with van der Waals surface area (Å²) in [6, 6.07) is 2.09. The Morgan fingerprint density at radius 1 is 1.36 bits per heavy atom. The molecule has 0 saturated carbocycles. The highest BCUT2D eigenvalue weighted by molar-refractivity contribution is 5.74. The van der Waals surface area contributed by atoms with Crippen LogP contribution in [-0.2, 0) is 4.79 Å². The SMILES string of the molecule is C/C=C(\c1ncc(-c2c(C)noc2C)cc1C)C1C=CC(C(C)(F)C=O)=CC1. The Morgan fingerprint density at radius 3 is 2.61 bits per heavy atom. The third-order valence-electron chi connectivity index (χ3n) is 5.27. The fraction of sp³-hybridized carbons (Fsp3) is 0.348. The highest BCUT2D eigenvalue weighted by atomic mass is 19.1. The molecule has 3 rings (SSSR count). The first-order chi connectivity index (χ1) is 13.3. The van der Waals surface area contributed by atoms with Crippen LogP contribution in [0.3, 0.4) is 0 Å². The molecule has 0 bridgehead atoms. The minimum absolute atomic E-state index is 0.0901. The lowest BCUT2D eigenvalue weighted by molar-refractivity contribution is -0.114. The first kappa shape index (κ1) is 19.9. The number of alkyl halides is 1. The molecule has 2 unspecified atom stereocenters. The molecule has 0 fully saturated rings. The van der Waals surface area contributed by atoms with Crippen molar-refractivity contribution in [1.82, 2.24) is 10.1 Å². The summed E-state index contributed by atoms with van der Waals surface area (Å²) in [4.78, 5) is 15.7. The second-order valence-corrected chi connectivity index (χ2v) is 7.39. The van der Waals surface area contributed by atoms with Crippen molar-refractivity contribution in [2.75, 3.05) is 0 Å². The van der Waals surface area contributed by atoms with Crippen molar-refractivity contribution < 1.29 is 13.7 Å². The number of carbonyl (C=O) groups excluding carboxylic acids is 1. The Balaban J connectivity index is 1.89. The number of aldehydes is 1. The molecule has 2 atom stereocenters. The van der Waals surface area contributed by atoms with Gasteiger partial charge in [-0.2, -0.15) is 0 Å². The summed E-state index contributed by atoms with van der Waals surface area (Å²) < 4.78 is 19.5. The average Bonchev–Trinajstić information content (AvgIpc) is 3.02. The van der Waals surface area contributed by atoms with Gasteiger partial charge in [0.1, 0.15) is 5.76 Å². The largest absolute Gasteiger partial charge is 0.361 e. The molecule has 1 aliphatic carbocycles. The van der Waals surface area contributed by atoms with E-state index >= 15 is 0 Å². The second kappa shape index (κ2) is 7.66. The smallest absolute Gasteiger partial charge is 0.187 e. The van der Waals surface area contributed by atoms with Gasteiger partial charge in [0, 0.05) is 23.2 Å². The molecule has 1 aliphatic rings. The lowest BCUT2D eigenvalue weighted by Gasteiger charge is -2.23. The van der Waals surface area contributed by atoms with Crippen LogP contribution < -0.4 is 0 Å². The predicted octanol–water partition coefficient (Wildman–Crippen LogP) is 5.49. The second-order valence-electron chi connectivity index (χ2n) is 7.39. The van der Waals surface area contributed by atoms with E-state index in [1.165, 1.54) is 6.92 Å². The molecule has 2 aromatic rings. The van der Waals surface area contributed by atoms with Gasteiger partial charge in [-0.05, 0) is 63.8 Å². The molecule has 0 saturated heterocycles. The van der Waals surface area contributed by atoms with Crippen molar-refractivity contribution in [3.63, 3.8) is 0 Å². The molecular weight excluding hydrogens is 355 g/mol. The summed E-state index contributed by atoms with van der Waals surface area (Å²) >= 11 is 0. The van der Waals surface area contributed by atoms with E-state index < -0.39 is 5.67 Å². The van der Waals surface area contributed by atoms with E-state index in [2.05, 4.69) is 11.2 Å². The molecule has 0 aliphatic heterocycles.